The molecule has 6 atom stereocenters. The Bertz CT molecular complexity index is 1150. The van der Waals surface area contributed by atoms with E-state index in [1.165, 1.54) is 0 Å². The number of aryl methyl sites for hydroxylation is 2. The number of amides is 1. The highest BCUT2D eigenvalue weighted by atomic mass is 16.5. The zero-order valence-corrected chi connectivity index (χ0v) is 23.5. The van der Waals surface area contributed by atoms with Crippen molar-refractivity contribution >= 4 is 11.7 Å². The molecule has 2 aromatic rings. The molecule has 9 nitrogen and oxygen atoms in total. The predicted octanol–water partition coefficient (Wildman–Crippen LogP) is 2.24. The molecular formula is C31H43NO8. The van der Waals surface area contributed by atoms with Crippen molar-refractivity contribution in [1.29, 1.82) is 0 Å². The van der Waals surface area contributed by atoms with Gasteiger partial charge < -0.3 is 36.0 Å². The third-order valence-corrected chi connectivity index (χ3v) is 7.66. The normalized spacial score (nSPS) is 23.8. The molecular weight excluding hydrogens is 514 g/mol. The SMILES string of the molecule is Cc1cc(O)c([C@@H]2O[C@H](CO)[C@@H](O)[C@H](O)[C@H]2O)cc1Cc1ccc(CCCC(=O)C[C@@H](CC(C)C)C(N)=O)cc1. The number of ether oxygens (including phenoxy) is 1. The van der Waals surface area contributed by atoms with Crippen LogP contribution in [0.1, 0.15) is 73.5 Å². The van der Waals surface area contributed by atoms with Crippen LogP contribution in [-0.4, -0.2) is 68.2 Å². The summed E-state index contributed by atoms with van der Waals surface area (Å²) in [7, 11) is 0. The molecule has 0 saturated carbocycles. The van der Waals surface area contributed by atoms with E-state index in [9.17, 15) is 35.1 Å². The molecule has 0 aliphatic carbocycles. The first-order valence-corrected chi connectivity index (χ1v) is 13.9. The standard InChI is InChI=1S/C31H43NO8/c1-17(2)11-22(31(32)39)14-23(34)6-4-5-19-7-9-20(10-8-19)13-21-15-24(25(35)12-18(21)3)30-29(38)28(37)27(36)26(16-33)40-30/h7-10,12,15,17,22,26-30,33,35-38H,4-6,11,13-14,16H2,1-3H3,(H2,32,39)/t22-,26-,27-,28+,29-,30+/m1/s1. The molecule has 7 N–H and O–H groups in total. The van der Waals surface area contributed by atoms with E-state index in [1.54, 1.807) is 12.1 Å². The van der Waals surface area contributed by atoms with Gasteiger partial charge in [0.05, 0.1) is 6.61 Å². The summed E-state index contributed by atoms with van der Waals surface area (Å²) in [6.45, 7) is 5.33. The largest absolute Gasteiger partial charge is 0.508 e. The second kappa shape index (κ2) is 14.2. The van der Waals surface area contributed by atoms with Crippen molar-refractivity contribution in [3.05, 3.63) is 64.2 Å². The third kappa shape index (κ3) is 8.11. The van der Waals surface area contributed by atoms with Gasteiger partial charge in [0.1, 0.15) is 42.1 Å². The van der Waals surface area contributed by atoms with E-state index in [-0.39, 0.29) is 23.5 Å². The first-order valence-electron chi connectivity index (χ1n) is 13.9. The van der Waals surface area contributed by atoms with Crippen LogP contribution < -0.4 is 5.73 Å². The van der Waals surface area contributed by atoms with Gasteiger partial charge in [-0.05, 0) is 72.9 Å². The first-order chi connectivity index (χ1) is 18.9. The minimum absolute atomic E-state index is 0.0547. The Hall–Kier alpha value is -2.82. The molecule has 3 rings (SSSR count). The summed E-state index contributed by atoms with van der Waals surface area (Å²) in [5.41, 5.74) is 9.56. The molecule has 9 heteroatoms. The van der Waals surface area contributed by atoms with E-state index in [0.29, 0.717) is 31.6 Å². The molecule has 1 amide bonds. The van der Waals surface area contributed by atoms with E-state index < -0.39 is 49.0 Å². The van der Waals surface area contributed by atoms with Crippen LogP contribution in [0.2, 0.25) is 0 Å². The summed E-state index contributed by atoms with van der Waals surface area (Å²) in [6.07, 6.45) is -3.51. The van der Waals surface area contributed by atoms with Crippen molar-refractivity contribution < 1.29 is 39.9 Å². The summed E-state index contributed by atoms with van der Waals surface area (Å²) in [5, 5.41) is 50.9. The number of Topliss-reactive ketones (excluding diaryl/α,β-unsaturated/α-hetero) is 1. The van der Waals surface area contributed by atoms with Gasteiger partial charge in [-0.1, -0.05) is 38.1 Å². The van der Waals surface area contributed by atoms with Crippen LogP contribution >= 0.6 is 0 Å². The maximum Gasteiger partial charge on any atom is 0.220 e. The Morgan fingerprint density at radius 2 is 1.65 bits per heavy atom. The Labute approximate surface area is 235 Å². The lowest BCUT2D eigenvalue weighted by atomic mass is 9.88. The fourth-order valence-corrected chi connectivity index (χ4v) is 5.31. The van der Waals surface area contributed by atoms with Gasteiger partial charge in [0.2, 0.25) is 5.91 Å². The van der Waals surface area contributed by atoms with Gasteiger partial charge in [-0.15, -0.1) is 0 Å². The average molecular weight is 558 g/mol. The molecule has 1 aliphatic rings. The molecule has 40 heavy (non-hydrogen) atoms. The number of aliphatic hydroxyl groups is 4. The molecule has 220 valence electrons. The van der Waals surface area contributed by atoms with E-state index in [2.05, 4.69) is 0 Å². The monoisotopic (exact) mass is 557 g/mol. The third-order valence-electron chi connectivity index (χ3n) is 7.66. The number of primary amides is 1. The Kier molecular flexibility index (Phi) is 11.2. The Balaban J connectivity index is 1.62. The maximum atomic E-state index is 12.4. The van der Waals surface area contributed by atoms with Crippen molar-refractivity contribution in [2.75, 3.05) is 6.61 Å². The summed E-state index contributed by atoms with van der Waals surface area (Å²) in [4.78, 5) is 24.0. The molecule has 0 bridgehead atoms. The van der Waals surface area contributed by atoms with Crippen LogP contribution in [0, 0.1) is 18.8 Å². The van der Waals surface area contributed by atoms with Gasteiger partial charge in [-0.25, -0.2) is 0 Å². The minimum atomic E-state index is -1.53. The molecule has 1 aliphatic heterocycles. The van der Waals surface area contributed by atoms with Crippen LogP contribution in [0.25, 0.3) is 0 Å². The highest BCUT2D eigenvalue weighted by Crippen LogP contribution is 2.38. The highest BCUT2D eigenvalue weighted by molar-refractivity contribution is 5.86. The molecule has 1 saturated heterocycles. The number of nitrogens with two attached hydrogens (primary N) is 1. The number of phenols is 1. The quantitative estimate of drug-likeness (QED) is 0.218. The van der Waals surface area contributed by atoms with Crippen molar-refractivity contribution in [2.45, 2.75) is 89.8 Å². The molecule has 1 heterocycles. The van der Waals surface area contributed by atoms with Gasteiger partial charge in [0, 0.05) is 24.3 Å². The van der Waals surface area contributed by atoms with Gasteiger partial charge in [0.15, 0.2) is 0 Å². The van der Waals surface area contributed by atoms with E-state index in [0.717, 1.165) is 28.7 Å². The van der Waals surface area contributed by atoms with Crippen molar-refractivity contribution in [3.8, 4) is 5.75 Å². The fraction of sp³-hybridized carbons (Fsp3) is 0.548. The van der Waals surface area contributed by atoms with Crippen molar-refractivity contribution in [1.82, 2.24) is 0 Å². The number of carbonyl (C=O) groups is 2. The Morgan fingerprint density at radius 3 is 2.25 bits per heavy atom. The molecule has 0 spiro atoms. The smallest absolute Gasteiger partial charge is 0.220 e. The second-order valence-electron chi connectivity index (χ2n) is 11.4. The number of rotatable bonds is 13. The number of carbonyl (C=O) groups excluding carboxylic acids is 2. The lowest BCUT2D eigenvalue weighted by Crippen LogP contribution is -2.55. The zero-order valence-electron chi connectivity index (χ0n) is 23.5. The first kappa shape index (κ1) is 31.7. The number of benzene rings is 2. The lowest BCUT2D eigenvalue weighted by molar-refractivity contribution is -0.232. The number of phenolic OH excluding ortho intramolecular Hbond substituents is 1. The van der Waals surface area contributed by atoms with E-state index >= 15 is 0 Å². The van der Waals surface area contributed by atoms with Crippen LogP contribution in [0.5, 0.6) is 5.75 Å². The number of hydrogen-bond donors (Lipinski definition) is 6. The molecule has 0 radical (unpaired) electrons. The van der Waals surface area contributed by atoms with Crippen LogP contribution in [0.3, 0.4) is 0 Å². The molecule has 2 aromatic carbocycles. The van der Waals surface area contributed by atoms with Gasteiger partial charge >= 0.3 is 0 Å². The van der Waals surface area contributed by atoms with E-state index in [1.807, 2.05) is 45.0 Å². The summed E-state index contributed by atoms with van der Waals surface area (Å²) >= 11 is 0. The Morgan fingerprint density at radius 1 is 1.00 bits per heavy atom. The number of aromatic hydroxyl groups is 1. The summed E-state index contributed by atoms with van der Waals surface area (Å²) in [6, 6.07) is 11.3. The minimum Gasteiger partial charge on any atom is -0.508 e. The van der Waals surface area contributed by atoms with E-state index in [4.69, 9.17) is 10.5 Å². The van der Waals surface area contributed by atoms with Crippen LogP contribution in [0.4, 0.5) is 0 Å². The molecule has 0 unspecified atom stereocenters. The summed E-state index contributed by atoms with van der Waals surface area (Å²) in [5.74, 6) is -0.576. The molecule has 1 fully saturated rings. The number of ketones is 1. The lowest BCUT2D eigenvalue weighted by Gasteiger charge is -2.40. The summed E-state index contributed by atoms with van der Waals surface area (Å²) < 4.78 is 5.65. The highest BCUT2D eigenvalue weighted by Gasteiger charge is 2.44. The zero-order chi connectivity index (χ0) is 29.6. The second-order valence-corrected chi connectivity index (χ2v) is 11.4. The van der Waals surface area contributed by atoms with Crippen molar-refractivity contribution in [2.24, 2.45) is 17.6 Å². The van der Waals surface area contributed by atoms with Gasteiger partial charge in [-0.2, -0.15) is 0 Å². The predicted molar refractivity (Wildman–Crippen MR) is 150 cm³/mol. The number of aliphatic hydroxyl groups excluding tert-OH is 4. The van der Waals surface area contributed by atoms with Crippen LogP contribution in [-0.2, 0) is 27.2 Å². The van der Waals surface area contributed by atoms with Gasteiger partial charge in [-0.3, -0.25) is 9.59 Å². The average Bonchev–Trinajstić information content (AvgIpc) is 2.89. The van der Waals surface area contributed by atoms with Gasteiger partial charge in [0.25, 0.3) is 0 Å². The topological polar surface area (TPSA) is 171 Å². The number of hydrogen-bond acceptors (Lipinski definition) is 8. The van der Waals surface area contributed by atoms with Crippen molar-refractivity contribution in [3.63, 3.8) is 0 Å². The molecule has 0 aromatic heterocycles. The fourth-order valence-electron chi connectivity index (χ4n) is 5.31. The maximum absolute atomic E-state index is 12.4. The van der Waals surface area contributed by atoms with Crippen LogP contribution in [0.15, 0.2) is 36.4 Å².